The summed E-state index contributed by atoms with van der Waals surface area (Å²) < 4.78 is 1.04. The van der Waals surface area contributed by atoms with Crippen molar-refractivity contribution in [3.05, 3.63) is 28.7 Å². The lowest BCUT2D eigenvalue weighted by molar-refractivity contribution is 0.267. The van der Waals surface area contributed by atoms with Gasteiger partial charge in [-0.3, -0.25) is 4.90 Å². The van der Waals surface area contributed by atoms with Crippen molar-refractivity contribution in [1.82, 2.24) is 9.88 Å². The van der Waals surface area contributed by atoms with Gasteiger partial charge in [0.2, 0.25) is 0 Å². The number of pyridine rings is 1. The topological polar surface area (TPSA) is 19.4 Å². The summed E-state index contributed by atoms with van der Waals surface area (Å²) in [6, 6.07) is 4.13. The molecule has 1 aromatic rings. The molecule has 1 fully saturated rings. The Morgan fingerprint density at radius 1 is 1.24 bits per heavy atom. The maximum absolute atomic E-state index is 4.44. The van der Waals surface area contributed by atoms with Gasteiger partial charge in [-0.05, 0) is 34.0 Å². The zero-order valence-corrected chi connectivity index (χ0v) is 12.1. The minimum atomic E-state index is 1.04. The summed E-state index contributed by atoms with van der Waals surface area (Å²) in [5.41, 5.74) is 0. The van der Waals surface area contributed by atoms with Crippen molar-refractivity contribution in [2.45, 2.75) is 13.8 Å². The molecule has 1 aliphatic rings. The molecule has 2 heterocycles. The molecule has 1 aliphatic heterocycles. The number of nitrogens with zero attached hydrogens (tertiary/aromatic N) is 3. The van der Waals surface area contributed by atoms with Gasteiger partial charge >= 0.3 is 0 Å². The van der Waals surface area contributed by atoms with Crippen LogP contribution in [-0.2, 0) is 0 Å². The first kappa shape index (κ1) is 12.8. The maximum atomic E-state index is 4.44. The molecular formula is C13H19BrN3. The average molecular weight is 297 g/mol. The summed E-state index contributed by atoms with van der Waals surface area (Å²) in [5.74, 6) is 2.57. The largest absolute Gasteiger partial charge is 0.354 e. The molecule has 1 radical (unpaired) electrons. The van der Waals surface area contributed by atoms with Crippen molar-refractivity contribution in [3.8, 4) is 0 Å². The van der Waals surface area contributed by atoms with Crippen molar-refractivity contribution in [3.63, 3.8) is 0 Å². The maximum Gasteiger partial charge on any atom is 0.128 e. The number of aromatic nitrogens is 1. The van der Waals surface area contributed by atoms with Crippen LogP contribution in [0.5, 0.6) is 0 Å². The highest BCUT2D eigenvalue weighted by Crippen LogP contribution is 2.16. The molecule has 17 heavy (non-hydrogen) atoms. The molecule has 0 amide bonds. The Bertz CT molecular complexity index is 342. The molecule has 0 unspecified atom stereocenters. The third-order valence-corrected chi connectivity index (χ3v) is 3.42. The first-order valence-corrected chi connectivity index (χ1v) is 6.82. The van der Waals surface area contributed by atoms with Gasteiger partial charge in [-0.2, -0.15) is 0 Å². The third kappa shape index (κ3) is 3.68. The van der Waals surface area contributed by atoms with Crippen molar-refractivity contribution in [2.75, 3.05) is 37.6 Å². The molecule has 1 saturated heterocycles. The Morgan fingerprint density at radius 3 is 2.47 bits per heavy atom. The Kier molecular flexibility index (Phi) is 4.40. The number of piperazine rings is 1. The minimum absolute atomic E-state index is 1.04. The highest BCUT2D eigenvalue weighted by Gasteiger charge is 2.18. The van der Waals surface area contributed by atoms with Crippen LogP contribution in [0.1, 0.15) is 13.8 Å². The van der Waals surface area contributed by atoms with Crippen LogP contribution in [0.15, 0.2) is 22.8 Å². The van der Waals surface area contributed by atoms with E-state index in [4.69, 9.17) is 0 Å². The quantitative estimate of drug-likeness (QED) is 0.855. The highest BCUT2D eigenvalue weighted by atomic mass is 79.9. The zero-order chi connectivity index (χ0) is 12.3. The fraction of sp³-hybridized carbons (Fsp3) is 0.538. The van der Waals surface area contributed by atoms with Crippen molar-refractivity contribution in [1.29, 1.82) is 0 Å². The van der Waals surface area contributed by atoms with E-state index in [2.05, 4.69) is 56.7 Å². The SMILES string of the molecule is C[C](C)CN1CCN(c2ccc(Br)cn2)CC1. The van der Waals surface area contributed by atoms with Gasteiger partial charge in [-0.25, -0.2) is 4.98 Å². The van der Waals surface area contributed by atoms with Crippen LogP contribution in [0.25, 0.3) is 0 Å². The van der Waals surface area contributed by atoms with Gasteiger partial charge in [0.1, 0.15) is 5.82 Å². The summed E-state index contributed by atoms with van der Waals surface area (Å²) in [7, 11) is 0. The van der Waals surface area contributed by atoms with E-state index in [0.29, 0.717) is 0 Å². The number of hydrogen-bond donors (Lipinski definition) is 0. The Morgan fingerprint density at radius 2 is 1.94 bits per heavy atom. The first-order valence-electron chi connectivity index (χ1n) is 6.03. The second-order valence-corrected chi connectivity index (χ2v) is 5.72. The van der Waals surface area contributed by atoms with Gasteiger partial charge in [-0.1, -0.05) is 13.8 Å². The van der Waals surface area contributed by atoms with E-state index in [1.807, 2.05) is 6.20 Å². The zero-order valence-electron chi connectivity index (χ0n) is 10.5. The lowest BCUT2D eigenvalue weighted by Gasteiger charge is -2.36. The number of rotatable bonds is 3. The van der Waals surface area contributed by atoms with Crippen LogP contribution >= 0.6 is 15.9 Å². The first-order chi connectivity index (χ1) is 8.15. The third-order valence-electron chi connectivity index (χ3n) is 2.95. The molecule has 0 saturated carbocycles. The summed E-state index contributed by atoms with van der Waals surface area (Å²) in [4.78, 5) is 9.30. The lowest BCUT2D eigenvalue weighted by Crippen LogP contribution is -2.47. The van der Waals surface area contributed by atoms with Crippen LogP contribution < -0.4 is 4.90 Å². The van der Waals surface area contributed by atoms with E-state index in [0.717, 1.165) is 43.0 Å². The van der Waals surface area contributed by atoms with E-state index < -0.39 is 0 Å². The summed E-state index contributed by atoms with van der Waals surface area (Å²) in [6.45, 7) is 9.92. The van der Waals surface area contributed by atoms with E-state index in [-0.39, 0.29) is 0 Å². The van der Waals surface area contributed by atoms with Gasteiger partial charge in [-0.15, -0.1) is 0 Å². The molecule has 0 atom stereocenters. The van der Waals surface area contributed by atoms with Gasteiger partial charge < -0.3 is 4.90 Å². The fourth-order valence-corrected chi connectivity index (χ4v) is 2.37. The van der Waals surface area contributed by atoms with E-state index in [1.165, 1.54) is 5.92 Å². The molecule has 0 bridgehead atoms. The number of anilines is 1. The number of hydrogen-bond acceptors (Lipinski definition) is 3. The van der Waals surface area contributed by atoms with Crippen LogP contribution in [0.3, 0.4) is 0 Å². The predicted molar refractivity (Wildman–Crippen MR) is 75.2 cm³/mol. The minimum Gasteiger partial charge on any atom is -0.354 e. The molecular weight excluding hydrogens is 278 g/mol. The predicted octanol–water partition coefficient (Wildman–Crippen LogP) is 2.58. The monoisotopic (exact) mass is 296 g/mol. The van der Waals surface area contributed by atoms with Crippen LogP contribution in [0.4, 0.5) is 5.82 Å². The molecule has 4 heteroatoms. The second-order valence-electron chi connectivity index (χ2n) is 4.80. The van der Waals surface area contributed by atoms with E-state index >= 15 is 0 Å². The lowest BCUT2D eigenvalue weighted by atomic mass is 10.2. The molecule has 0 aliphatic carbocycles. The molecule has 0 spiro atoms. The van der Waals surface area contributed by atoms with Gasteiger partial charge in [0.15, 0.2) is 0 Å². The van der Waals surface area contributed by atoms with Crippen LogP contribution in [-0.4, -0.2) is 42.6 Å². The normalized spacial score (nSPS) is 17.8. The van der Waals surface area contributed by atoms with Gasteiger partial charge in [0, 0.05) is 43.4 Å². The Hall–Kier alpha value is -0.610. The Balaban J connectivity index is 1.88. The van der Waals surface area contributed by atoms with Gasteiger partial charge in [0.05, 0.1) is 0 Å². The molecule has 3 nitrogen and oxygen atoms in total. The standard InChI is InChI=1S/C13H19BrN3/c1-11(2)10-16-5-7-17(8-6-16)13-4-3-12(14)9-15-13/h3-4,9H,5-8,10H2,1-2H3. The second kappa shape index (κ2) is 5.83. The van der Waals surface area contributed by atoms with Crippen LogP contribution in [0.2, 0.25) is 0 Å². The molecule has 93 valence electrons. The van der Waals surface area contributed by atoms with Gasteiger partial charge in [0.25, 0.3) is 0 Å². The van der Waals surface area contributed by atoms with Crippen LogP contribution in [0, 0.1) is 5.92 Å². The molecule has 1 aromatic heterocycles. The summed E-state index contributed by atoms with van der Waals surface area (Å²) >= 11 is 3.41. The van der Waals surface area contributed by atoms with Crippen molar-refractivity contribution < 1.29 is 0 Å². The average Bonchev–Trinajstić information content (AvgIpc) is 2.30. The molecule has 0 aromatic carbocycles. The smallest absolute Gasteiger partial charge is 0.128 e. The van der Waals surface area contributed by atoms with E-state index in [9.17, 15) is 0 Å². The van der Waals surface area contributed by atoms with E-state index in [1.54, 1.807) is 0 Å². The molecule has 2 rings (SSSR count). The van der Waals surface area contributed by atoms with Crippen molar-refractivity contribution in [2.24, 2.45) is 0 Å². The Labute approximate surface area is 112 Å². The fourth-order valence-electron chi connectivity index (χ4n) is 2.14. The molecule has 0 N–H and O–H groups in total. The highest BCUT2D eigenvalue weighted by molar-refractivity contribution is 9.10. The summed E-state index contributed by atoms with van der Waals surface area (Å²) in [6.07, 6.45) is 1.87. The summed E-state index contributed by atoms with van der Waals surface area (Å²) in [5, 5.41) is 0. The number of halogens is 1. The van der Waals surface area contributed by atoms with Crippen molar-refractivity contribution >= 4 is 21.7 Å².